The number of nitrogens with zero attached hydrogens (tertiary/aromatic N) is 2. The fourth-order valence-corrected chi connectivity index (χ4v) is 6.04. The lowest BCUT2D eigenvalue weighted by molar-refractivity contribution is -0.156. The van der Waals surface area contributed by atoms with Crippen molar-refractivity contribution in [1.82, 2.24) is 9.80 Å². The SMILES string of the molecule is CC(C)N1CC=C[C@]23O[C@H]4/C=C\CCCOC(=O)[C@H]4[C@H]2C(=O)N([C@H](CO)c2ccccc2)C3C1=O. The summed E-state index contributed by atoms with van der Waals surface area (Å²) in [5.41, 5.74) is -0.623. The van der Waals surface area contributed by atoms with E-state index in [9.17, 15) is 19.5 Å². The van der Waals surface area contributed by atoms with Crippen LogP contribution in [0, 0.1) is 11.8 Å². The maximum Gasteiger partial charge on any atom is 0.312 e. The van der Waals surface area contributed by atoms with Crippen LogP contribution in [0.5, 0.6) is 0 Å². The van der Waals surface area contributed by atoms with Crippen LogP contribution in [0.2, 0.25) is 0 Å². The molecule has 35 heavy (non-hydrogen) atoms. The van der Waals surface area contributed by atoms with Crippen LogP contribution >= 0.6 is 0 Å². The molecular formula is C27H32N2O6. The highest BCUT2D eigenvalue weighted by molar-refractivity contribution is 5.99. The van der Waals surface area contributed by atoms with Gasteiger partial charge >= 0.3 is 5.97 Å². The van der Waals surface area contributed by atoms with Crippen molar-refractivity contribution in [2.24, 2.45) is 11.8 Å². The van der Waals surface area contributed by atoms with Crippen LogP contribution in [0.1, 0.15) is 38.3 Å². The highest BCUT2D eigenvalue weighted by atomic mass is 16.6. The van der Waals surface area contributed by atoms with Crippen molar-refractivity contribution < 1.29 is 29.0 Å². The Morgan fingerprint density at radius 1 is 1.11 bits per heavy atom. The third-order valence-corrected chi connectivity index (χ3v) is 7.64. The quantitative estimate of drug-likeness (QED) is 0.523. The zero-order valence-corrected chi connectivity index (χ0v) is 20.1. The molecule has 2 fully saturated rings. The minimum Gasteiger partial charge on any atom is -0.465 e. The van der Waals surface area contributed by atoms with E-state index < -0.39 is 41.6 Å². The molecule has 0 aromatic heterocycles. The van der Waals surface area contributed by atoms with Gasteiger partial charge < -0.3 is 24.4 Å². The average Bonchev–Trinajstić information content (AvgIpc) is 3.25. The molecule has 0 saturated carbocycles. The average molecular weight is 481 g/mol. The van der Waals surface area contributed by atoms with Crippen molar-refractivity contribution in [3.05, 3.63) is 60.2 Å². The zero-order chi connectivity index (χ0) is 24.7. The van der Waals surface area contributed by atoms with Crippen molar-refractivity contribution in [2.45, 2.75) is 56.5 Å². The molecule has 186 valence electrons. The molecule has 8 heteroatoms. The summed E-state index contributed by atoms with van der Waals surface area (Å²) in [5, 5.41) is 10.5. The maximum atomic E-state index is 14.2. The summed E-state index contributed by atoms with van der Waals surface area (Å²) in [6, 6.07) is 7.29. The molecule has 4 aliphatic heterocycles. The first-order chi connectivity index (χ1) is 16.9. The second-order valence-corrected chi connectivity index (χ2v) is 9.92. The van der Waals surface area contributed by atoms with Gasteiger partial charge in [-0.25, -0.2) is 0 Å². The fourth-order valence-electron chi connectivity index (χ4n) is 6.04. The molecule has 1 spiro atoms. The van der Waals surface area contributed by atoms with Gasteiger partial charge in [-0.2, -0.15) is 0 Å². The monoisotopic (exact) mass is 480 g/mol. The third-order valence-electron chi connectivity index (χ3n) is 7.64. The summed E-state index contributed by atoms with van der Waals surface area (Å²) in [6.45, 7) is 4.13. The Bertz CT molecular complexity index is 1050. The van der Waals surface area contributed by atoms with Crippen molar-refractivity contribution in [3.63, 3.8) is 0 Å². The summed E-state index contributed by atoms with van der Waals surface area (Å²) in [5.74, 6) is -2.92. The van der Waals surface area contributed by atoms with Crippen LogP contribution in [-0.2, 0) is 23.9 Å². The number of aliphatic hydroxyl groups is 1. The van der Waals surface area contributed by atoms with Gasteiger partial charge in [0, 0.05) is 12.6 Å². The molecule has 4 heterocycles. The molecule has 6 atom stereocenters. The van der Waals surface area contributed by atoms with Gasteiger partial charge in [0.15, 0.2) is 0 Å². The summed E-state index contributed by atoms with van der Waals surface area (Å²) in [6.07, 6.45) is 8.21. The Hall–Kier alpha value is -2.97. The number of carbonyl (C=O) groups excluding carboxylic acids is 3. The van der Waals surface area contributed by atoms with E-state index >= 15 is 0 Å². The second-order valence-electron chi connectivity index (χ2n) is 9.92. The van der Waals surface area contributed by atoms with Gasteiger partial charge in [-0.3, -0.25) is 14.4 Å². The van der Waals surface area contributed by atoms with Gasteiger partial charge in [-0.1, -0.05) is 54.6 Å². The number of amides is 2. The molecule has 1 unspecified atom stereocenters. The molecule has 0 aliphatic carbocycles. The molecule has 1 aromatic carbocycles. The molecule has 5 rings (SSSR count). The number of carbonyl (C=O) groups is 3. The van der Waals surface area contributed by atoms with Crippen LogP contribution in [0.25, 0.3) is 0 Å². The van der Waals surface area contributed by atoms with Gasteiger partial charge in [-0.15, -0.1) is 0 Å². The third kappa shape index (κ3) is 3.70. The van der Waals surface area contributed by atoms with Gasteiger partial charge in [0.25, 0.3) is 0 Å². The number of hydrogen-bond acceptors (Lipinski definition) is 6. The Labute approximate surface area is 205 Å². The number of benzene rings is 1. The summed E-state index contributed by atoms with van der Waals surface area (Å²) < 4.78 is 12.1. The van der Waals surface area contributed by atoms with E-state index in [4.69, 9.17) is 9.47 Å². The topological polar surface area (TPSA) is 96.4 Å². The Balaban J connectivity index is 1.67. The summed E-state index contributed by atoms with van der Waals surface area (Å²) >= 11 is 0. The number of ether oxygens (including phenoxy) is 2. The minimum atomic E-state index is -1.34. The van der Waals surface area contributed by atoms with Gasteiger partial charge in [-0.05, 0) is 32.3 Å². The van der Waals surface area contributed by atoms with Crippen molar-refractivity contribution in [1.29, 1.82) is 0 Å². The van der Waals surface area contributed by atoms with Crippen molar-refractivity contribution in [3.8, 4) is 0 Å². The summed E-state index contributed by atoms with van der Waals surface area (Å²) in [7, 11) is 0. The van der Waals surface area contributed by atoms with E-state index in [0.717, 1.165) is 6.42 Å². The molecule has 8 nitrogen and oxygen atoms in total. The maximum absolute atomic E-state index is 14.2. The lowest BCUT2D eigenvalue weighted by Gasteiger charge is -2.39. The molecule has 0 bridgehead atoms. The first kappa shape index (κ1) is 23.8. The first-order valence-corrected chi connectivity index (χ1v) is 12.4. The van der Waals surface area contributed by atoms with E-state index in [2.05, 4.69) is 0 Å². The number of fused-ring (bicyclic) bond motifs is 2. The largest absolute Gasteiger partial charge is 0.465 e. The molecule has 2 saturated heterocycles. The Morgan fingerprint density at radius 2 is 1.89 bits per heavy atom. The smallest absolute Gasteiger partial charge is 0.312 e. The Kier molecular flexibility index (Phi) is 6.27. The summed E-state index contributed by atoms with van der Waals surface area (Å²) in [4.78, 5) is 44.7. The number of allylic oxidation sites excluding steroid dienone is 1. The number of rotatable bonds is 4. The first-order valence-electron chi connectivity index (χ1n) is 12.4. The van der Waals surface area contributed by atoms with Crippen LogP contribution in [-0.4, -0.2) is 76.2 Å². The molecule has 1 N–H and O–H groups in total. The lowest BCUT2D eigenvalue weighted by Crippen LogP contribution is -2.57. The van der Waals surface area contributed by atoms with Crippen LogP contribution < -0.4 is 0 Å². The van der Waals surface area contributed by atoms with Crippen LogP contribution in [0.3, 0.4) is 0 Å². The lowest BCUT2D eigenvalue weighted by atomic mass is 9.78. The van der Waals surface area contributed by atoms with Crippen LogP contribution in [0.15, 0.2) is 54.6 Å². The number of aliphatic hydroxyl groups excluding tert-OH is 1. The predicted octanol–water partition coefficient (Wildman–Crippen LogP) is 2.00. The zero-order valence-electron chi connectivity index (χ0n) is 20.1. The second kappa shape index (κ2) is 9.24. The fraction of sp³-hybridized carbons (Fsp3) is 0.519. The van der Waals surface area contributed by atoms with E-state index in [0.29, 0.717) is 18.5 Å². The molecular weight excluding hydrogens is 448 g/mol. The van der Waals surface area contributed by atoms with Gasteiger partial charge in [0.1, 0.15) is 17.6 Å². The molecule has 1 aromatic rings. The van der Waals surface area contributed by atoms with E-state index in [1.807, 2.05) is 62.4 Å². The number of hydrogen-bond donors (Lipinski definition) is 1. The highest BCUT2D eigenvalue weighted by Crippen LogP contribution is 2.55. The van der Waals surface area contributed by atoms with E-state index in [-0.39, 0.29) is 31.1 Å². The highest BCUT2D eigenvalue weighted by Gasteiger charge is 2.72. The number of cyclic esters (lactones) is 1. The van der Waals surface area contributed by atoms with Crippen LogP contribution in [0.4, 0.5) is 0 Å². The Morgan fingerprint density at radius 3 is 2.60 bits per heavy atom. The van der Waals surface area contributed by atoms with Gasteiger partial charge in [0.2, 0.25) is 11.8 Å². The van der Waals surface area contributed by atoms with Crippen molar-refractivity contribution in [2.75, 3.05) is 19.8 Å². The normalized spacial score (nSPS) is 34.3. The van der Waals surface area contributed by atoms with Gasteiger partial charge in [0.05, 0.1) is 31.3 Å². The standard InChI is InChI=1S/C27H32N2O6/c1-17(2)28-14-9-13-27-22(21-20(35-27)12-7-4-8-15-34-26(21)33)24(31)29(23(27)25(28)32)19(16-30)18-10-5-3-6-11-18/h3,5-7,9-13,17,19-23,30H,4,8,14-16H2,1-2H3/b12-7-/t19-,20+,21-,22+,23?,27+/m1/s1. The molecule has 2 amide bonds. The van der Waals surface area contributed by atoms with E-state index in [1.54, 1.807) is 11.0 Å². The minimum absolute atomic E-state index is 0.106. The predicted molar refractivity (Wildman–Crippen MR) is 127 cm³/mol. The van der Waals surface area contributed by atoms with E-state index in [1.165, 1.54) is 4.90 Å². The number of likely N-dealkylation sites (tertiary alicyclic amines) is 1. The van der Waals surface area contributed by atoms with Crippen molar-refractivity contribution >= 4 is 17.8 Å². The number of esters is 1. The molecule has 0 radical (unpaired) electrons. The molecule has 4 aliphatic rings.